The van der Waals surface area contributed by atoms with Crippen LogP contribution in [0.3, 0.4) is 0 Å². The molecule has 0 heterocycles. The van der Waals surface area contributed by atoms with Crippen molar-refractivity contribution in [3.63, 3.8) is 0 Å². The van der Waals surface area contributed by atoms with E-state index < -0.39 is 5.91 Å². The molecule has 1 aromatic rings. The highest BCUT2D eigenvalue weighted by atomic mass is 35.5. The first-order valence-electron chi connectivity index (χ1n) is 4.84. The fourth-order valence-corrected chi connectivity index (χ4v) is 1.31. The Bertz CT molecular complexity index is 364. The smallest absolute Gasteiger partial charge is 0.248 e. The van der Waals surface area contributed by atoms with E-state index in [4.69, 9.17) is 17.3 Å². The van der Waals surface area contributed by atoms with E-state index >= 15 is 0 Å². The summed E-state index contributed by atoms with van der Waals surface area (Å²) in [5.74, 6) is 0.0672. The van der Waals surface area contributed by atoms with Crippen molar-refractivity contribution < 1.29 is 4.79 Å². The fourth-order valence-electron chi connectivity index (χ4n) is 1.13. The predicted octanol–water partition coefficient (Wildman–Crippen LogP) is 2.51. The molecule has 0 spiro atoms. The van der Waals surface area contributed by atoms with Crippen LogP contribution in [0.5, 0.6) is 0 Å². The summed E-state index contributed by atoms with van der Waals surface area (Å²) in [6.45, 7) is 5.00. The molecule has 1 aromatic carbocycles. The fraction of sp³-hybridized carbons (Fsp3) is 0.364. The van der Waals surface area contributed by atoms with Crippen LogP contribution in [0.1, 0.15) is 24.2 Å². The number of nitrogens with two attached hydrogens (primary N) is 1. The molecule has 0 unspecified atom stereocenters. The van der Waals surface area contributed by atoms with E-state index in [0.717, 1.165) is 12.2 Å². The summed E-state index contributed by atoms with van der Waals surface area (Å²) in [6.07, 6.45) is 0. The third kappa shape index (κ3) is 3.44. The Hall–Kier alpha value is -1.22. The summed E-state index contributed by atoms with van der Waals surface area (Å²) in [5.41, 5.74) is 6.39. The number of benzene rings is 1. The average molecular weight is 227 g/mol. The van der Waals surface area contributed by atoms with Gasteiger partial charge in [0.15, 0.2) is 0 Å². The van der Waals surface area contributed by atoms with E-state index in [2.05, 4.69) is 19.2 Å². The number of hydrogen-bond acceptors (Lipinski definition) is 2. The van der Waals surface area contributed by atoms with E-state index in [9.17, 15) is 4.79 Å². The minimum absolute atomic E-state index is 0.445. The van der Waals surface area contributed by atoms with E-state index in [1.54, 1.807) is 18.2 Å². The quantitative estimate of drug-likeness (QED) is 0.829. The Kier molecular flexibility index (Phi) is 3.97. The summed E-state index contributed by atoms with van der Waals surface area (Å²) in [7, 11) is 0. The topological polar surface area (TPSA) is 55.1 Å². The van der Waals surface area contributed by atoms with Gasteiger partial charge in [-0.15, -0.1) is 0 Å². The normalized spacial score (nSPS) is 10.4. The first kappa shape index (κ1) is 11.9. The van der Waals surface area contributed by atoms with E-state index in [1.165, 1.54) is 0 Å². The zero-order valence-electron chi connectivity index (χ0n) is 8.88. The van der Waals surface area contributed by atoms with Crippen molar-refractivity contribution >= 4 is 23.2 Å². The first-order valence-corrected chi connectivity index (χ1v) is 5.21. The molecule has 0 fully saturated rings. The molecule has 0 saturated heterocycles. The second kappa shape index (κ2) is 5.03. The van der Waals surface area contributed by atoms with Gasteiger partial charge in [-0.1, -0.05) is 25.4 Å². The molecule has 0 atom stereocenters. The molecule has 0 bridgehead atoms. The largest absolute Gasteiger partial charge is 0.384 e. The van der Waals surface area contributed by atoms with Gasteiger partial charge in [-0.25, -0.2) is 0 Å². The SMILES string of the molecule is CC(C)CNc1cc(C(N)=O)ccc1Cl. The summed E-state index contributed by atoms with van der Waals surface area (Å²) in [4.78, 5) is 11.0. The van der Waals surface area contributed by atoms with Crippen LogP contribution < -0.4 is 11.1 Å². The lowest BCUT2D eigenvalue weighted by Gasteiger charge is -2.11. The number of primary amides is 1. The zero-order chi connectivity index (χ0) is 11.4. The lowest BCUT2D eigenvalue weighted by molar-refractivity contribution is 0.100. The van der Waals surface area contributed by atoms with Gasteiger partial charge < -0.3 is 11.1 Å². The van der Waals surface area contributed by atoms with Gasteiger partial charge in [0, 0.05) is 12.1 Å². The van der Waals surface area contributed by atoms with E-state index in [1.807, 2.05) is 0 Å². The minimum atomic E-state index is -0.445. The molecule has 3 N–H and O–H groups in total. The number of carbonyl (C=O) groups excluding carboxylic acids is 1. The van der Waals surface area contributed by atoms with Gasteiger partial charge in [0.25, 0.3) is 0 Å². The van der Waals surface area contributed by atoms with Gasteiger partial charge in [-0.2, -0.15) is 0 Å². The molecule has 1 amide bonds. The van der Waals surface area contributed by atoms with Gasteiger partial charge in [-0.3, -0.25) is 4.79 Å². The van der Waals surface area contributed by atoms with Crippen molar-refractivity contribution in [3.8, 4) is 0 Å². The number of rotatable bonds is 4. The molecule has 0 aliphatic heterocycles. The highest BCUT2D eigenvalue weighted by Gasteiger charge is 2.05. The first-order chi connectivity index (χ1) is 7.00. The highest BCUT2D eigenvalue weighted by Crippen LogP contribution is 2.23. The van der Waals surface area contributed by atoms with Crippen LogP contribution in [0.15, 0.2) is 18.2 Å². The number of amides is 1. The minimum Gasteiger partial charge on any atom is -0.384 e. The summed E-state index contributed by atoms with van der Waals surface area (Å²) >= 11 is 5.97. The third-order valence-corrected chi connectivity index (χ3v) is 2.28. The van der Waals surface area contributed by atoms with Crippen molar-refractivity contribution in [1.29, 1.82) is 0 Å². The molecule has 82 valence electrons. The molecule has 0 aliphatic rings. The predicted molar refractivity (Wildman–Crippen MR) is 63.3 cm³/mol. The summed E-state index contributed by atoms with van der Waals surface area (Å²) in [5, 5.41) is 3.77. The Balaban J connectivity index is 2.85. The second-order valence-electron chi connectivity index (χ2n) is 3.83. The monoisotopic (exact) mass is 226 g/mol. The lowest BCUT2D eigenvalue weighted by Crippen LogP contribution is -2.13. The van der Waals surface area contributed by atoms with Gasteiger partial charge in [0.2, 0.25) is 5.91 Å². The molecule has 0 radical (unpaired) electrons. The van der Waals surface area contributed by atoms with Crippen LogP contribution in [-0.4, -0.2) is 12.5 Å². The van der Waals surface area contributed by atoms with E-state index in [0.29, 0.717) is 16.5 Å². The van der Waals surface area contributed by atoms with Crippen molar-refractivity contribution in [2.45, 2.75) is 13.8 Å². The van der Waals surface area contributed by atoms with Crippen molar-refractivity contribution in [2.75, 3.05) is 11.9 Å². The Morgan fingerprint density at radius 3 is 2.73 bits per heavy atom. The third-order valence-electron chi connectivity index (χ3n) is 1.95. The number of hydrogen-bond donors (Lipinski definition) is 2. The Morgan fingerprint density at radius 2 is 2.20 bits per heavy atom. The number of carbonyl (C=O) groups is 1. The maximum absolute atomic E-state index is 11.0. The highest BCUT2D eigenvalue weighted by molar-refractivity contribution is 6.33. The average Bonchev–Trinajstić information content (AvgIpc) is 2.16. The summed E-state index contributed by atoms with van der Waals surface area (Å²) < 4.78 is 0. The van der Waals surface area contributed by atoms with Crippen LogP contribution in [-0.2, 0) is 0 Å². The Labute approximate surface area is 94.6 Å². The van der Waals surface area contributed by atoms with Crippen LogP contribution in [0.25, 0.3) is 0 Å². The van der Waals surface area contributed by atoms with Crippen molar-refractivity contribution in [3.05, 3.63) is 28.8 Å². The van der Waals surface area contributed by atoms with Gasteiger partial charge in [0.05, 0.1) is 10.7 Å². The zero-order valence-corrected chi connectivity index (χ0v) is 9.64. The maximum Gasteiger partial charge on any atom is 0.248 e. The number of nitrogens with one attached hydrogen (secondary N) is 1. The molecule has 0 saturated carbocycles. The van der Waals surface area contributed by atoms with Crippen LogP contribution >= 0.6 is 11.6 Å². The number of anilines is 1. The molecule has 1 rings (SSSR count). The molecular formula is C11H15ClN2O. The molecular weight excluding hydrogens is 212 g/mol. The van der Waals surface area contributed by atoms with Gasteiger partial charge in [-0.05, 0) is 24.1 Å². The second-order valence-corrected chi connectivity index (χ2v) is 4.24. The van der Waals surface area contributed by atoms with Crippen LogP contribution in [0.2, 0.25) is 5.02 Å². The van der Waals surface area contributed by atoms with Gasteiger partial charge >= 0.3 is 0 Å². The van der Waals surface area contributed by atoms with Gasteiger partial charge in [0.1, 0.15) is 0 Å². The molecule has 0 aliphatic carbocycles. The molecule has 4 heteroatoms. The molecule has 3 nitrogen and oxygen atoms in total. The molecule has 0 aromatic heterocycles. The van der Waals surface area contributed by atoms with Crippen molar-refractivity contribution in [1.82, 2.24) is 0 Å². The maximum atomic E-state index is 11.0. The number of halogens is 1. The van der Waals surface area contributed by atoms with Crippen molar-refractivity contribution in [2.24, 2.45) is 11.7 Å². The lowest BCUT2D eigenvalue weighted by atomic mass is 10.1. The Morgan fingerprint density at radius 1 is 1.53 bits per heavy atom. The van der Waals surface area contributed by atoms with E-state index in [-0.39, 0.29) is 0 Å². The van der Waals surface area contributed by atoms with Crippen LogP contribution in [0, 0.1) is 5.92 Å². The summed E-state index contributed by atoms with van der Waals surface area (Å²) in [6, 6.07) is 4.96. The van der Waals surface area contributed by atoms with Crippen LogP contribution in [0.4, 0.5) is 5.69 Å². The molecule has 15 heavy (non-hydrogen) atoms. The standard InChI is InChI=1S/C11H15ClN2O/c1-7(2)6-14-10-5-8(11(13)15)3-4-9(10)12/h3-5,7,14H,6H2,1-2H3,(H2,13,15).